The van der Waals surface area contributed by atoms with Gasteiger partial charge in [-0.05, 0) is 43.0 Å². The number of carbonyl (C=O) groups is 3. The first-order chi connectivity index (χ1) is 13.0. The lowest BCUT2D eigenvalue weighted by Gasteiger charge is -2.22. The summed E-state index contributed by atoms with van der Waals surface area (Å²) in [6.07, 6.45) is 6.22. The number of likely N-dealkylation sites (tertiary alicyclic amines) is 1. The zero-order valence-corrected chi connectivity index (χ0v) is 15.9. The minimum Gasteiger partial charge on any atom is -0.480 e. The molecule has 1 atom stereocenters. The Balaban J connectivity index is 1.77. The van der Waals surface area contributed by atoms with Gasteiger partial charge in [0.25, 0.3) is 0 Å². The van der Waals surface area contributed by atoms with Crippen molar-refractivity contribution < 1.29 is 24.2 Å². The van der Waals surface area contributed by atoms with Crippen LogP contribution in [0.3, 0.4) is 0 Å². The van der Waals surface area contributed by atoms with Gasteiger partial charge in [-0.25, -0.2) is 4.79 Å². The highest BCUT2D eigenvalue weighted by molar-refractivity contribution is 6.30. The molecule has 0 radical (unpaired) electrons. The third-order valence-corrected chi connectivity index (χ3v) is 4.54. The van der Waals surface area contributed by atoms with E-state index in [0.29, 0.717) is 37.4 Å². The topological polar surface area (TPSA) is 83.9 Å². The highest BCUT2D eigenvalue weighted by Gasteiger charge is 2.28. The first-order valence-electron chi connectivity index (χ1n) is 9.00. The molecule has 7 heteroatoms. The van der Waals surface area contributed by atoms with Crippen LogP contribution in [0.5, 0.6) is 0 Å². The number of amides is 1. The molecular weight excluding hydrogens is 370 g/mol. The normalized spacial score (nSPS) is 17.0. The van der Waals surface area contributed by atoms with Crippen molar-refractivity contribution in [3.63, 3.8) is 0 Å². The molecule has 1 amide bonds. The Kier molecular flexibility index (Phi) is 8.48. The van der Waals surface area contributed by atoms with E-state index >= 15 is 0 Å². The van der Waals surface area contributed by atoms with Crippen LogP contribution in [0.25, 0.3) is 0 Å². The Morgan fingerprint density at radius 2 is 2.15 bits per heavy atom. The number of aliphatic carboxylic acids is 1. The van der Waals surface area contributed by atoms with Gasteiger partial charge in [-0.15, -0.1) is 0 Å². The van der Waals surface area contributed by atoms with Crippen LogP contribution in [0.15, 0.2) is 36.4 Å². The highest BCUT2D eigenvalue weighted by atomic mass is 35.5. The Morgan fingerprint density at radius 1 is 1.33 bits per heavy atom. The molecule has 1 aromatic rings. The number of carboxylic acids is 1. The number of allylic oxidation sites excluding steroid dienone is 1. The lowest BCUT2D eigenvalue weighted by atomic mass is 10.1. The van der Waals surface area contributed by atoms with Gasteiger partial charge in [-0.3, -0.25) is 9.59 Å². The number of ketones is 1. The molecule has 0 spiro atoms. The predicted molar refractivity (Wildman–Crippen MR) is 102 cm³/mol. The van der Waals surface area contributed by atoms with Crippen LogP contribution in [0.2, 0.25) is 5.02 Å². The maximum atomic E-state index is 12.2. The van der Waals surface area contributed by atoms with Gasteiger partial charge in [-0.1, -0.05) is 29.8 Å². The molecule has 27 heavy (non-hydrogen) atoms. The second kappa shape index (κ2) is 10.8. The number of carboxylic acid groups (broad SMARTS) is 1. The molecule has 1 heterocycles. The zero-order valence-electron chi connectivity index (χ0n) is 15.1. The number of rotatable bonds is 11. The van der Waals surface area contributed by atoms with Crippen molar-refractivity contribution in [1.29, 1.82) is 0 Å². The van der Waals surface area contributed by atoms with Gasteiger partial charge in [0.15, 0.2) is 5.78 Å². The number of ether oxygens (including phenoxy) is 1. The van der Waals surface area contributed by atoms with E-state index in [1.54, 1.807) is 29.2 Å². The lowest BCUT2D eigenvalue weighted by Crippen LogP contribution is -2.33. The fourth-order valence-electron chi connectivity index (χ4n) is 3.02. The molecule has 1 aliphatic rings. The SMILES string of the molecule is O=C(O)COCCCCN1C(=O)CCC1C=CC(=O)Cc1cccc(Cl)c1. The molecule has 1 fully saturated rings. The van der Waals surface area contributed by atoms with Gasteiger partial charge in [0.2, 0.25) is 5.91 Å². The maximum Gasteiger partial charge on any atom is 0.329 e. The molecule has 1 aromatic carbocycles. The summed E-state index contributed by atoms with van der Waals surface area (Å²) in [5.74, 6) is -0.936. The van der Waals surface area contributed by atoms with Crippen molar-refractivity contribution in [3.05, 3.63) is 47.0 Å². The molecule has 6 nitrogen and oxygen atoms in total. The van der Waals surface area contributed by atoms with Crippen LogP contribution in [0.4, 0.5) is 0 Å². The summed E-state index contributed by atoms with van der Waals surface area (Å²) in [5.41, 5.74) is 0.859. The largest absolute Gasteiger partial charge is 0.480 e. The number of unbranched alkanes of at least 4 members (excludes halogenated alkanes) is 1. The molecule has 0 bridgehead atoms. The van der Waals surface area contributed by atoms with E-state index in [1.165, 1.54) is 0 Å². The summed E-state index contributed by atoms with van der Waals surface area (Å²) < 4.78 is 4.99. The zero-order chi connectivity index (χ0) is 19.6. The van der Waals surface area contributed by atoms with Crippen LogP contribution in [0.1, 0.15) is 31.2 Å². The highest BCUT2D eigenvalue weighted by Crippen LogP contribution is 2.20. The predicted octanol–water partition coefficient (Wildman–Crippen LogP) is 2.88. The molecule has 0 aliphatic carbocycles. The Labute approximate surface area is 163 Å². The van der Waals surface area contributed by atoms with Crippen molar-refractivity contribution in [2.75, 3.05) is 19.8 Å². The summed E-state index contributed by atoms with van der Waals surface area (Å²) in [7, 11) is 0. The summed E-state index contributed by atoms with van der Waals surface area (Å²) in [6.45, 7) is 0.627. The van der Waals surface area contributed by atoms with E-state index in [-0.39, 0.29) is 30.8 Å². The van der Waals surface area contributed by atoms with Crippen LogP contribution < -0.4 is 0 Å². The molecule has 0 saturated carbocycles. The summed E-state index contributed by atoms with van der Waals surface area (Å²) in [4.78, 5) is 36.4. The smallest absolute Gasteiger partial charge is 0.329 e. The van der Waals surface area contributed by atoms with Crippen molar-refractivity contribution in [2.45, 2.75) is 38.1 Å². The van der Waals surface area contributed by atoms with Crippen molar-refractivity contribution in [3.8, 4) is 0 Å². The lowest BCUT2D eigenvalue weighted by molar-refractivity contribution is -0.142. The number of carbonyl (C=O) groups excluding carboxylic acids is 2. The standard InChI is InChI=1S/C20H24ClNO5/c21-16-5-3-4-15(12-16)13-18(23)8-6-17-7-9-19(24)22(17)10-1-2-11-27-14-20(25)26/h3-6,8,12,17H,1-2,7,9-11,13-14H2,(H,25,26). The second-order valence-corrected chi connectivity index (χ2v) is 6.92. The van der Waals surface area contributed by atoms with Crippen molar-refractivity contribution in [1.82, 2.24) is 4.90 Å². The minimum atomic E-state index is -0.989. The molecular formula is C20H24ClNO5. The van der Waals surface area contributed by atoms with Gasteiger partial charge in [0.05, 0.1) is 6.04 Å². The molecule has 1 unspecified atom stereocenters. The van der Waals surface area contributed by atoms with Crippen LogP contribution in [0, 0.1) is 0 Å². The number of hydrogen-bond donors (Lipinski definition) is 1. The molecule has 1 saturated heterocycles. The van der Waals surface area contributed by atoms with Crippen LogP contribution in [-0.4, -0.2) is 53.5 Å². The maximum absolute atomic E-state index is 12.2. The summed E-state index contributed by atoms with van der Waals surface area (Å²) in [5, 5.41) is 9.10. The second-order valence-electron chi connectivity index (χ2n) is 6.48. The average molecular weight is 394 g/mol. The van der Waals surface area contributed by atoms with Gasteiger partial charge in [0, 0.05) is 31.0 Å². The average Bonchev–Trinajstić information content (AvgIpc) is 2.96. The number of halogens is 1. The van der Waals surface area contributed by atoms with Gasteiger partial charge in [0.1, 0.15) is 6.61 Å². The van der Waals surface area contributed by atoms with E-state index in [1.807, 2.05) is 12.1 Å². The van der Waals surface area contributed by atoms with E-state index < -0.39 is 5.97 Å². The first kappa shape index (κ1) is 21.1. The van der Waals surface area contributed by atoms with Gasteiger partial charge < -0.3 is 14.7 Å². The fourth-order valence-corrected chi connectivity index (χ4v) is 3.23. The third kappa shape index (κ3) is 7.53. The fraction of sp³-hybridized carbons (Fsp3) is 0.450. The van der Waals surface area contributed by atoms with E-state index in [2.05, 4.69) is 0 Å². The quantitative estimate of drug-likeness (QED) is 0.461. The molecule has 2 rings (SSSR count). The molecule has 146 valence electrons. The molecule has 0 aromatic heterocycles. The number of benzene rings is 1. The Morgan fingerprint density at radius 3 is 2.89 bits per heavy atom. The minimum absolute atomic E-state index is 0.0290. The van der Waals surface area contributed by atoms with Crippen LogP contribution in [-0.2, 0) is 25.5 Å². The van der Waals surface area contributed by atoms with Crippen molar-refractivity contribution in [2.24, 2.45) is 0 Å². The number of nitrogens with zero attached hydrogens (tertiary/aromatic N) is 1. The molecule has 1 aliphatic heterocycles. The Bertz CT molecular complexity index is 703. The van der Waals surface area contributed by atoms with Gasteiger partial charge >= 0.3 is 5.97 Å². The van der Waals surface area contributed by atoms with Crippen molar-refractivity contribution >= 4 is 29.3 Å². The van der Waals surface area contributed by atoms with Crippen LogP contribution >= 0.6 is 11.6 Å². The molecule has 1 N–H and O–H groups in total. The van der Waals surface area contributed by atoms with E-state index in [0.717, 1.165) is 12.0 Å². The third-order valence-electron chi connectivity index (χ3n) is 4.31. The number of hydrogen-bond acceptors (Lipinski definition) is 4. The summed E-state index contributed by atoms with van der Waals surface area (Å²) >= 11 is 5.93. The monoisotopic (exact) mass is 393 g/mol. The van der Waals surface area contributed by atoms with Gasteiger partial charge in [-0.2, -0.15) is 0 Å². The first-order valence-corrected chi connectivity index (χ1v) is 9.38. The van der Waals surface area contributed by atoms with E-state index in [9.17, 15) is 14.4 Å². The van der Waals surface area contributed by atoms with E-state index in [4.69, 9.17) is 21.4 Å². The summed E-state index contributed by atoms with van der Waals surface area (Å²) in [6, 6.07) is 7.13. The Hall–Kier alpha value is -2.18.